The van der Waals surface area contributed by atoms with Gasteiger partial charge in [-0.05, 0) is 17.7 Å². The average Bonchev–Trinajstić information content (AvgIpc) is 2.70. The van der Waals surface area contributed by atoms with E-state index >= 15 is 0 Å². The highest BCUT2D eigenvalue weighted by molar-refractivity contribution is 7.72. The first kappa shape index (κ1) is 20.7. The van der Waals surface area contributed by atoms with Crippen molar-refractivity contribution in [2.24, 2.45) is 0 Å². The lowest BCUT2D eigenvalue weighted by Gasteiger charge is -2.32. The van der Waals surface area contributed by atoms with Crippen molar-refractivity contribution in [3.63, 3.8) is 0 Å². The first-order valence-corrected chi connectivity index (χ1v) is 12.9. The van der Waals surface area contributed by atoms with Gasteiger partial charge in [-0.15, -0.1) is 0 Å². The van der Waals surface area contributed by atoms with Gasteiger partial charge in [-0.25, -0.2) is 0 Å². The fourth-order valence-electron chi connectivity index (χ4n) is 3.24. The molecule has 0 fully saturated rings. The van der Waals surface area contributed by atoms with Crippen molar-refractivity contribution < 1.29 is 9.13 Å². The van der Waals surface area contributed by atoms with Gasteiger partial charge in [-0.1, -0.05) is 98.1 Å². The molecule has 0 bridgehead atoms. The third-order valence-corrected chi connectivity index (χ3v) is 10.7. The van der Waals surface area contributed by atoms with Gasteiger partial charge in [0.15, 0.2) is 11.5 Å². The fourth-order valence-corrected chi connectivity index (χ4v) is 7.28. The van der Waals surface area contributed by atoms with Crippen LogP contribution in [0.4, 0.5) is 0 Å². The molecule has 4 heteroatoms. The normalized spacial score (nSPS) is 14.3. The van der Waals surface area contributed by atoms with E-state index in [9.17, 15) is 9.13 Å². The van der Waals surface area contributed by atoms with Gasteiger partial charge >= 0.3 is 7.80 Å². The molecule has 0 aliphatic carbocycles. The van der Waals surface area contributed by atoms with Gasteiger partial charge in [0, 0.05) is 22.2 Å². The van der Waals surface area contributed by atoms with E-state index in [0.717, 1.165) is 21.7 Å². The first-order chi connectivity index (χ1) is 13.3. The molecule has 144 valence electrons. The minimum atomic E-state index is -2.63. The topological polar surface area (TPSA) is 34.1 Å². The van der Waals surface area contributed by atoms with Crippen LogP contribution in [0.2, 0.25) is 0 Å². The first-order valence-electron chi connectivity index (χ1n) is 9.52. The van der Waals surface area contributed by atoms with Crippen LogP contribution in [-0.2, 0) is 21.5 Å². The molecule has 0 spiro atoms. The van der Waals surface area contributed by atoms with Crippen LogP contribution in [0.25, 0.3) is 0 Å². The van der Waals surface area contributed by atoms with Gasteiger partial charge in [0.1, 0.15) is 7.14 Å². The van der Waals surface area contributed by atoms with E-state index in [0.29, 0.717) is 12.3 Å². The van der Waals surface area contributed by atoms with Gasteiger partial charge in [0.2, 0.25) is 0 Å². The monoisotopic (exact) mass is 409 g/mol. The molecule has 0 aliphatic rings. The molecule has 0 aromatic heterocycles. The molecule has 2 unspecified atom stereocenters. The molecule has 28 heavy (non-hydrogen) atoms. The maximum Gasteiger partial charge on any atom is 0.381 e. The van der Waals surface area contributed by atoms with Gasteiger partial charge < -0.3 is 4.57 Å². The van der Waals surface area contributed by atoms with E-state index in [1.54, 1.807) is 0 Å². The Balaban J connectivity index is 1.79. The van der Waals surface area contributed by atoms with Gasteiger partial charge in [0.05, 0.1) is 0 Å². The molecular formula is C24H27O2P2+. The zero-order valence-electron chi connectivity index (χ0n) is 16.7. The summed E-state index contributed by atoms with van der Waals surface area (Å²) in [7, 11) is -4.07. The van der Waals surface area contributed by atoms with E-state index < -0.39 is 14.9 Å². The SMILES string of the molecule is CC(C)(C)P(=O)(Cc1ccc(C[P+](=O)c2ccccc2)cc1)c1ccccc1. The smallest absolute Gasteiger partial charge is 0.318 e. The summed E-state index contributed by atoms with van der Waals surface area (Å²) < 4.78 is 26.6. The molecule has 0 N–H and O–H groups in total. The minimum absolute atomic E-state index is 0.316. The highest BCUT2D eigenvalue weighted by atomic mass is 31.2. The Bertz CT molecular complexity index is 973. The van der Waals surface area contributed by atoms with Crippen LogP contribution in [0.15, 0.2) is 84.9 Å². The molecular weight excluding hydrogens is 382 g/mol. The third kappa shape index (κ3) is 4.69. The Labute approximate surface area is 169 Å². The molecule has 0 saturated heterocycles. The van der Waals surface area contributed by atoms with Crippen molar-refractivity contribution >= 4 is 25.6 Å². The van der Waals surface area contributed by atoms with Crippen LogP contribution in [0.3, 0.4) is 0 Å². The Morgan fingerprint density at radius 3 is 1.79 bits per heavy atom. The summed E-state index contributed by atoms with van der Waals surface area (Å²) in [6, 6.07) is 27.5. The molecule has 3 rings (SSSR count). The van der Waals surface area contributed by atoms with Crippen molar-refractivity contribution in [1.82, 2.24) is 0 Å². The zero-order valence-corrected chi connectivity index (χ0v) is 18.5. The zero-order chi connectivity index (χ0) is 20.2. The molecule has 3 aromatic rings. The lowest BCUT2D eigenvalue weighted by molar-refractivity contribution is 0.555. The summed E-state index contributed by atoms with van der Waals surface area (Å²) in [6.07, 6.45) is 1.06. The summed E-state index contributed by atoms with van der Waals surface area (Å²) >= 11 is 0. The highest BCUT2D eigenvalue weighted by Crippen LogP contribution is 2.59. The second-order valence-corrected chi connectivity index (χ2v) is 13.3. The minimum Gasteiger partial charge on any atom is -0.318 e. The molecule has 2 nitrogen and oxygen atoms in total. The summed E-state index contributed by atoms with van der Waals surface area (Å²) in [5.41, 5.74) is 2.10. The van der Waals surface area contributed by atoms with E-state index in [1.807, 2.05) is 84.9 Å². The third-order valence-electron chi connectivity index (χ3n) is 5.06. The second-order valence-electron chi connectivity index (χ2n) is 8.09. The highest BCUT2D eigenvalue weighted by Gasteiger charge is 2.38. The Hall–Kier alpha value is -2.01. The molecule has 0 aliphatic heterocycles. The molecule has 0 heterocycles. The summed E-state index contributed by atoms with van der Waals surface area (Å²) in [5, 5.41) is 1.49. The van der Waals surface area contributed by atoms with Crippen molar-refractivity contribution in [2.75, 3.05) is 0 Å². The Kier molecular flexibility index (Phi) is 6.33. The second kappa shape index (κ2) is 8.56. The predicted molar refractivity (Wildman–Crippen MR) is 121 cm³/mol. The number of hydrogen-bond donors (Lipinski definition) is 0. The van der Waals surface area contributed by atoms with Crippen LogP contribution in [-0.4, -0.2) is 5.16 Å². The Morgan fingerprint density at radius 1 is 0.750 bits per heavy atom. The molecule has 2 atom stereocenters. The summed E-state index contributed by atoms with van der Waals surface area (Å²) in [4.78, 5) is 0. The van der Waals surface area contributed by atoms with Crippen LogP contribution < -0.4 is 10.6 Å². The van der Waals surface area contributed by atoms with Crippen LogP contribution >= 0.6 is 14.9 Å². The van der Waals surface area contributed by atoms with Crippen LogP contribution in [0.5, 0.6) is 0 Å². The Morgan fingerprint density at radius 2 is 1.25 bits per heavy atom. The molecule has 0 saturated carbocycles. The summed E-state index contributed by atoms with van der Waals surface area (Å²) in [5.74, 6) is 0. The molecule has 3 aromatic carbocycles. The average molecular weight is 409 g/mol. The molecule has 0 radical (unpaired) electrons. The van der Waals surface area contributed by atoms with E-state index in [2.05, 4.69) is 20.8 Å². The van der Waals surface area contributed by atoms with Gasteiger partial charge in [-0.3, -0.25) is 0 Å². The van der Waals surface area contributed by atoms with Crippen molar-refractivity contribution in [3.8, 4) is 0 Å². The maximum absolute atomic E-state index is 14.0. The largest absolute Gasteiger partial charge is 0.381 e. The maximum atomic E-state index is 14.0. The predicted octanol–water partition coefficient (Wildman–Crippen LogP) is 6.33. The fraction of sp³-hybridized carbons (Fsp3) is 0.250. The quantitative estimate of drug-likeness (QED) is 0.446. The van der Waals surface area contributed by atoms with Crippen molar-refractivity contribution in [3.05, 3.63) is 96.1 Å². The standard InChI is InChI=1S/C24H27O2P2/c1-24(2,3)28(26,23-12-8-5-9-13-23)19-21-16-14-20(15-17-21)18-27(25)22-10-6-4-7-11-22/h4-17H,18-19H2,1-3H3/q+1. The van der Waals surface area contributed by atoms with Crippen molar-refractivity contribution in [1.29, 1.82) is 0 Å². The molecule has 0 amide bonds. The summed E-state index contributed by atoms with van der Waals surface area (Å²) in [6.45, 7) is 6.17. The van der Waals surface area contributed by atoms with E-state index in [-0.39, 0.29) is 5.16 Å². The van der Waals surface area contributed by atoms with Crippen LogP contribution in [0.1, 0.15) is 31.9 Å². The lowest BCUT2D eigenvalue weighted by atomic mass is 10.2. The number of rotatable bonds is 6. The van der Waals surface area contributed by atoms with Gasteiger partial charge in [-0.2, -0.15) is 0 Å². The van der Waals surface area contributed by atoms with Crippen molar-refractivity contribution in [2.45, 2.75) is 38.3 Å². The number of hydrogen-bond acceptors (Lipinski definition) is 2. The lowest BCUT2D eigenvalue weighted by Crippen LogP contribution is -2.24. The van der Waals surface area contributed by atoms with Crippen LogP contribution in [0, 0.1) is 0 Å². The van der Waals surface area contributed by atoms with Gasteiger partial charge in [0.25, 0.3) is 0 Å². The number of benzene rings is 3. The van der Waals surface area contributed by atoms with E-state index in [1.165, 1.54) is 0 Å². The van der Waals surface area contributed by atoms with E-state index in [4.69, 9.17) is 0 Å².